The fourth-order valence-corrected chi connectivity index (χ4v) is 12.0. The van der Waals surface area contributed by atoms with Gasteiger partial charge in [-0.15, -0.1) is 0 Å². The molecule has 2 spiro atoms. The van der Waals surface area contributed by atoms with Gasteiger partial charge >= 0.3 is 0 Å². The Labute approximate surface area is 395 Å². The Bertz CT molecular complexity index is 3590. The summed E-state index contributed by atoms with van der Waals surface area (Å²) in [5, 5.41) is 0. The highest BCUT2D eigenvalue weighted by Gasteiger charge is 2.59. The average Bonchev–Trinajstić information content (AvgIpc) is 3.89. The minimum absolute atomic E-state index is 0.578. The number of hydrogen-bond acceptors (Lipinski definition) is 3. The van der Waals surface area contributed by atoms with Crippen LogP contribution in [0.25, 0.3) is 78.7 Å². The number of aromatic nitrogens is 3. The van der Waals surface area contributed by atoms with Gasteiger partial charge in [-0.05, 0) is 95.1 Å². The van der Waals surface area contributed by atoms with Crippen LogP contribution in [-0.2, 0) is 10.8 Å². The van der Waals surface area contributed by atoms with E-state index in [1.54, 1.807) is 0 Å². The van der Waals surface area contributed by atoms with E-state index in [0.29, 0.717) is 17.5 Å². The van der Waals surface area contributed by atoms with Gasteiger partial charge in [-0.25, -0.2) is 15.0 Å². The van der Waals surface area contributed by atoms with Crippen LogP contribution < -0.4 is 0 Å². The minimum atomic E-state index is -0.633. The highest BCUT2D eigenvalue weighted by atomic mass is 15.0. The standard InChI is InChI=1S/C65H41N3/c1-3-17-42(18-4-1)44-31-35-46(36-32-44)61-66-62(47-37-33-45(34-38-47)43-19-5-2-6-20-43)68-63(67-61)48-39-40-59-60(41-48)65(55-27-13-9-23-51(55)52-24-10-14-28-56(52)65)58-30-16-15-29-57(58)64(59)53-25-11-7-21-49(53)50-22-8-12-26-54(50)64/h1-41H. The highest BCUT2D eigenvalue weighted by molar-refractivity contribution is 5.94. The number of benzene rings is 10. The Morgan fingerprint density at radius 1 is 0.191 bits per heavy atom. The molecule has 0 saturated carbocycles. The first kappa shape index (κ1) is 38.5. The second-order valence-corrected chi connectivity index (χ2v) is 18.2. The molecular formula is C65H41N3. The molecular weight excluding hydrogens is 823 g/mol. The Morgan fingerprint density at radius 3 is 0.853 bits per heavy atom. The van der Waals surface area contributed by atoms with E-state index in [0.717, 1.165) is 27.8 Å². The molecule has 10 aromatic carbocycles. The normalized spacial score (nSPS) is 13.8. The first-order valence-electron chi connectivity index (χ1n) is 23.4. The SMILES string of the molecule is c1ccc(-c2ccc(-c3nc(-c4ccc(-c5ccccc5)cc4)nc(-c4ccc5c(c4)C4(c6ccccc6-c6ccccc64)c4ccccc4C54c5ccccc5-c5ccccc54)n3)cc2)cc1. The van der Waals surface area contributed by atoms with Gasteiger partial charge < -0.3 is 0 Å². The van der Waals surface area contributed by atoms with Crippen LogP contribution in [-0.4, -0.2) is 15.0 Å². The van der Waals surface area contributed by atoms with Gasteiger partial charge in [0, 0.05) is 16.7 Å². The summed E-state index contributed by atoms with van der Waals surface area (Å²) in [5.74, 6) is 1.88. The molecule has 0 bridgehead atoms. The second-order valence-electron chi connectivity index (χ2n) is 18.2. The Balaban J connectivity index is 1.04. The lowest BCUT2D eigenvalue weighted by Crippen LogP contribution is -2.43. The van der Waals surface area contributed by atoms with E-state index in [-0.39, 0.29) is 0 Å². The smallest absolute Gasteiger partial charge is 0.164 e. The van der Waals surface area contributed by atoms with E-state index in [2.05, 4.69) is 249 Å². The van der Waals surface area contributed by atoms with E-state index in [4.69, 9.17) is 15.0 Å². The Morgan fingerprint density at radius 2 is 0.456 bits per heavy atom. The molecule has 3 aliphatic rings. The number of fused-ring (bicyclic) bond motifs is 16. The maximum Gasteiger partial charge on any atom is 0.164 e. The molecule has 3 heteroatoms. The van der Waals surface area contributed by atoms with Crippen molar-refractivity contribution in [1.29, 1.82) is 0 Å². The lowest BCUT2D eigenvalue weighted by Gasteiger charge is -2.49. The second kappa shape index (κ2) is 14.9. The first-order chi connectivity index (χ1) is 33.7. The molecule has 0 saturated heterocycles. The van der Waals surface area contributed by atoms with Crippen LogP contribution >= 0.6 is 0 Å². The van der Waals surface area contributed by atoms with Gasteiger partial charge in [-0.1, -0.05) is 243 Å². The van der Waals surface area contributed by atoms with Crippen molar-refractivity contribution < 1.29 is 0 Å². The molecule has 3 nitrogen and oxygen atoms in total. The van der Waals surface area contributed by atoms with E-state index in [1.807, 2.05) is 0 Å². The number of hydrogen-bond donors (Lipinski definition) is 0. The summed E-state index contributed by atoms with van der Waals surface area (Å²) >= 11 is 0. The molecule has 14 rings (SSSR count). The van der Waals surface area contributed by atoms with Crippen LogP contribution in [0, 0.1) is 0 Å². The van der Waals surface area contributed by atoms with E-state index < -0.39 is 10.8 Å². The summed E-state index contributed by atoms with van der Waals surface area (Å²) in [7, 11) is 0. The summed E-state index contributed by atoms with van der Waals surface area (Å²) in [6.45, 7) is 0. The molecule has 0 atom stereocenters. The quantitative estimate of drug-likeness (QED) is 0.173. The predicted molar refractivity (Wildman–Crippen MR) is 275 cm³/mol. The third kappa shape index (κ3) is 5.39. The summed E-state index contributed by atoms with van der Waals surface area (Å²) in [6, 6.07) is 90.7. The summed E-state index contributed by atoms with van der Waals surface area (Å²) in [6.07, 6.45) is 0. The lowest BCUT2D eigenvalue weighted by atomic mass is 9.52. The zero-order valence-corrected chi connectivity index (χ0v) is 37.0. The minimum Gasteiger partial charge on any atom is -0.208 e. The van der Waals surface area contributed by atoms with Gasteiger partial charge in [0.2, 0.25) is 0 Å². The van der Waals surface area contributed by atoms with Gasteiger partial charge in [0.05, 0.1) is 10.8 Å². The number of nitrogens with zero attached hydrogens (tertiary/aromatic N) is 3. The maximum atomic E-state index is 5.40. The van der Waals surface area contributed by atoms with E-state index in [9.17, 15) is 0 Å². The van der Waals surface area contributed by atoms with Crippen LogP contribution in [0.1, 0.15) is 44.5 Å². The molecule has 1 heterocycles. The molecule has 0 amide bonds. The molecule has 11 aromatic rings. The van der Waals surface area contributed by atoms with Crippen LogP contribution in [0.2, 0.25) is 0 Å². The van der Waals surface area contributed by atoms with Gasteiger partial charge in [0.1, 0.15) is 0 Å². The number of rotatable bonds is 5. The first-order valence-corrected chi connectivity index (χ1v) is 23.4. The molecule has 0 unspecified atom stereocenters. The molecule has 0 N–H and O–H groups in total. The molecule has 0 fully saturated rings. The third-order valence-corrected chi connectivity index (χ3v) is 14.9. The van der Waals surface area contributed by atoms with Crippen LogP contribution in [0.4, 0.5) is 0 Å². The van der Waals surface area contributed by atoms with Crippen molar-refractivity contribution >= 4 is 0 Å². The highest BCUT2D eigenvalue weighted by Crippen LogP contribution is 2.67. The topological polar surface area (TPSA) is 38.7 Å². The summed E-state index contributed by atoms with van der Waals surface area (Å²) in [4.78, 5) is 16.0. The fraction of sp³-hybridized carbons (Fsp3) is 0.0308. The van der Waals surface area contributed by atoms with Crippen molar-refractivity contribution in [2.75, 3.05) is 0 Å². The zero-order valence-electron chi connectivity index (χ0n) is 37.0. The molecule has 1 aromatic heterocycles. The molecule has 0 aliphatic heterocycles. The molecule has 68 heavy (non-hydrogen) atoms. The molecule has 316 valence electrons. The zero-order chi connectivity index (χ0) is 44.8. The van der Waals surface area contributed by atoms with E-state index in [1.165, 1.54) is 77.9 Å². The molecule has 0 radical (unpaired) electrons. The summed E-state index contributed by atoms with van der Waals surface area (Å²) < 4.78 is 0. The van der Waals surface area contributed by atoms with Crippen molar-refractivity contribution in [3.63, 3.8) is 0 Å². The Kier molecular flexibility index (Phi) is 8.41. The lowest BCUT2D eigenvalue weighted by molar-refractivity contribution is 0.633. The van der Waals surface area contributed by atoms with Gasteiger partial charge in [0.25, 0.3) is 0 Å². The van der Waals surface area contributed by atoms with Crippen molar-refractivity contribution in [3.05, 3.63) is 293 Å². The average molecular weight is 864 g/mol. The predicted octanol–water partition coefficient (Wildman–Crippen LogP) is 15.2. The third-order valence-electron chi connectivity index (χ3n) is 14.9. The fourth-order valence-electron chi connectivity index (χ4n) is 12.0. The van der Waals surface area contributed by atoms with Crippen molar-refractivity contribution in [2.45, 2.75) is 10.8 Å². The van der Waals surface area contributed by atoms with Gasteiger partial charge in [-0.3, -0.25) is 0 Å². The van der Waals surface area contributed by atoms with Gasteiger partial charge in [-0.2, -0.15) is 0 Å². The van der Waals surface area contributed by atoms with Gasteiger partial charge in [0.15, 0.2) is 17.5 Å². The Hall–Kier alpha value is -8.79. The van der Waals surface area contributed by atoms with Crippen molar-refractivity contribution in [3.8, 4) is 78.7 Å². The van der Waals surface area contributed by atoms with Crippen LogP contribution in [0.3, 0.4) is 0 Å². The van der Waals surface area contributed by atoms with Crippen molar-refractivity contribution in [2.24, 2.45) is 0 Å². The maximum absolute atomic E-state index is 5.40. The van der Waals surface area contributed by atoms with E-state index >= 15 is 0 Å². The van der Waals surface area contributed by atoms with Crippen LogP contribution in [0.5, 0.6) is 0 Å². The largest absolute Gasteiger partial charge is 0.208 e. The molecule has 3 aliphatic carbocycles. The summed E-state index contributed by atoms with van der Waals surface area (Å²) in [5.41, 5.74) is 21.6. The van der Waals surface area contributed by atoms with Crippen molar-refractivity contribution in [1.82, 2.24) is 15.0 Å². The monoisotopic (exact) mass is 863 g/mol. The van der Waals surface area contributed by atoms with Crippen LogP contribution in [0.15, 0.2) is 249 Å².